The lowest BCUT2D eigenvalue weighted by Crippen LogP contribution is -2.40. The van der Waals surface area contributed by atoms with Crippen LogP contribution in [0.4, 0.5) is 0 Å². The molecule has 1 unspecified atom stereocenters. The van der Waals surface area contributed by atoms with E-state index < -0.39 is 12.0 Å². The van der Waals surface area contributed by atoms with E-state index in [1.165, 1.54) is 12.0 Å². The van der Waals surface area contributed by atoms with E-state index in [1.807, 2.05) is 12.1 Å². The molecule has 0 fully saturated rings. The van der Waals surface area contributed by atoms with Gasteiger partial charge in [-0.15, -0.1) is 0 Å². The molecule has 5 heteroatoms. The number of nitrogens with zero attached hydrogens (tertiary/aromatic N) is 3. The normalized spacial score (nSPS) is 11.5. The van der Waals surface area contributed by atoms with Crippen molar-refractivity contribution >= 4 is 5.97 Å². The zero-order chi connectivity index (χ0) is 10.3. The number of hydrogen-bond acceptors (Lipinski definition) is 5. The Kier molecular flexibility index (Phi) is 5.25. The second-order valence-corrected chi connectivity index (χ2v) is 2.42. The first kappa shape index (κ1) is 11.4. The van der Waals surface area contributed by atoms with Crippen LogP contribution in [-0.4, -0.2) is 37.1 Å². The topological polar surface area (TPSA) is 77.1 Å². The molecule has 0 aromatic rings. The van der Waals surface area contributed by atoms with Crippen molar-refractivity contribution < 1.29 is 9.53 Å². The van der Waals surface area contributed by atoms with Gasteiger partial charge >= 0.3 is 5.97 Å². The van der Waals surface area contributed by atoms with Crippen molar-refractivity contribution in [2.45, 2.75) is 13.0 Å². The third-order valence-electron chi connectivity index (χ3n) is 1.64. The number of carbonyl (C=O) groups excluding carboxylic acids is 1. The van der Waals surface area contributed by atoms with E-state index in [9.17, 15) is 4.79 Å². The highest BCUT2D eigenvalue weighted by Crippen LogP contribution is 1.99. The lowest BCUT2D eigenvalue weighted by molar-refractivity contribution is -0.145. The highest BCUT2D eigenvalue weighted by Gasteiger charge is 2.20. The predicted octanol–water partition coefficient (Wildman–Crippen LogP) is -0.103. The maximum Gasteiger partial charge on any atom is 0.322 e. The molecule has 0 aliphatic carbocycles. The van der Waals surface area contributed by atoms with E-state index in [0.717, 1.165) is 0 Å². The summed E-state index contributed by atoms with van der Waals surface area (Å²) in [6.07, 6.45) is 0. The van der Waals surface area contributed by atoms with Gasteiger partial charge in [0.2, 0.25) is 0 Å². The Bertz CT molecular complexity index is 235. The van der Waals surface area contributed by atoms with E-state index in [1.54, 1.807) is 6.92 Å². The Morgan fingerprint density at radius 3 is 2.23 bits per heavy atom. The minimum absolute atomic E-state index is 0.0455. The van der Waals surface area contributed by atoms with Gasteiger partial charge < -0.3 is 4.74 Å². The molecule has 13 heavy (non-hydrogen) atoms. The van der Waals surface area contributed by atoms with Crippen LogP contribution in [0.5, 0.6) is 0 Å². The van der Waals surface area contributed by atoms with Crippen molar-refractivity contribution in [2.24, 2.45) is 0 Å². The zero-order valence-electron chi connectivity index (χ0n) is 7.65. The number of esters is 1. The molecule has 0 rings (SSSR count). The summed E-state index contributed by atoms with van der Waals surface area (Å²) in [5.41, 5.74) is 0. The summed E-state index contributed by atoms with van der Waals surface area (Å²) < 4.78 is 4.49. The summed E-state index contributed by atoms with van der Waals surface area (Å²) >= 11 is 0. The summed E-state index contributed by atoms with van der Waals surface area (Å²) in [5, 5.41) is 16.8. The van der Waals surface area contributed by atoms with Crippen LogP contribution in [0.2, 0.25) is 0 Å². The Labute approximate surface area is 77.1 Å². The molecule has 0 saturated carbocycles. The first-order valence-electron chi connectivity index (χ1n) is 3.73. The molecule has 0 aliphatic rings. The minimum atomic E-state index is -0.552. The average molecular weight is 181 g/mol. The summed E-state index contributed by atoms with van der Waals surface area (Å²) in [6.45, 7) is 1.69. The van der Waals surface area contributed by atoms with Gasteiger partial charge in [-0.2, -0.15) is 10.5 Å². The molecule has 0 aromatic heterocycles. The maximum absolute atomic E-state index is 11.0. The highest BCUT2D eigenvalue weighted by atomic mass is 16.5. The highest BCUT2D eigenvalue weighted by molar-refractivity contribution is 5.75. The van der Waals surface area contributed by atoms with Gasteiger partial charge in [0.05, 0.1) is 32.3 Å². The summed E-state index contributed by atoms with van der Waals surface area (Å²) in [6, 6.07) is 3.21. The van der Waals surface area contributed by atoms with Crippen LogP contribution < -0.4 is 0 Å². The molecule has 5 nitrogen and oxygen atoms in total. The standard InChI is InChI=1S/C8H11N3O2/c1-7(8(12)13-2)11(5-3-9)6-4-10/h7H,5-6H2,1-2H3. The third-order valence-corrected chi connectivity index (χ3v) is 1.64. The van der Waals surface area contributed by atoms with Crippen molar-refractivity contribution in [3.05, 3.63) is 0 Å². The Balaban J connectivity index is 4.29. The molecular weight excluding hydrogens is 170 g/mol. The van der Waals surface area contributed by atoms with Crippen LogP contribution in [0.15, 0.2) is 0 Å². The summed E-state index contributed by atoms with van der Waals surface area (Å²) in [4.78, 5) is 12.5. The van der Waals surface area contributed by atoms with Crippen LogP contribution in [0.1, 0.15) is 6.92 Å². The molecule has 0 N–H and O–H groups in total. The van der Waals surface area contributed by atoms with Crippen LogP contribution in [0, 0.1) is 22.7 Å². The SMILES string of the molecule is COC(=O)C(C)N(CC#N)CC#N. The molecule has 0 radical (unpaired) electrons. The van der Waals surface area contributed by atoms with Crippen molar-refractivity contribution in [1.29, 1.82) is 10.5 Å². The van der Waals surface area contributed by atoms with E-state index in [-0.39, 0.29) is 13.1 Å². The van der Waals surface area contributed by atoms with Crippen LogP contribution >= 0.6 is 0 Å². The van der Waals surface area contributed by atoms with Gasteiger partial charge in [0.1, 0.15) is 6.04 Å². The van der Waals surface area contributed by atoms with Gasteiger partial charge in [0, 0.05) is 0 Å². The first-order valence-corrected chi connectivity index (χ1v) is 3.73. The third kappa shape index (κ3) is 3.55. The van der Waals surface area contributed by atoms with Crippen molar-refractivity contribution in [3.63, 3.8) is 0 Å². The van der Waals surface area contributed by atoms with Gasteiger partial charge in [-0.25, -0.2) is 0 Å². The van der Waals surface area contributed by atoms with Gasteiger partial charge in [-0.3, -0.25) is 9.69 Å². The van der Waals surface area contributed by atoms with Crippen LogP contribution in [0.3, 0.4) is 0 Å². The molecular formula is C8H11N3O2. The molecule has 0 heterocycles. The number of hydrogen-bond donors (Lipinski definition) is 0. The monoisotopic (exact) mass is 181 g/mol. The van der Waals surface area contributed by atoms with Crippen LogP contribution in [0.25, 0.3) is 0 Å². The Hall–Kier alpha value is -1.59. The van der Waals surface area contributed by atoms with E-state index >= 15 is 0 Å². The number of rotatable bonds is 4. The van der Waals surface area contributed by atoms with Gasteiger partial charge in [0.15, 0.2) is 0 Å². The molecule has 0 bridgehead atoms. The van der Waals surface area contributed by atoms with Crippen molar-refractivity contribution in [1.82, 2.24) is 4.90 Å². The number of ether oxygens (including phenoxy) is 1. The summed E-state index contributed by atoms with van der Waals surface area (Å²) in [7, 11) is 1.27. The number of nitriles is 2. The van der Waals surface area contributed by atoms with Gasteiger partial charge in [-0.1, -0.05) is 0 Å². The van der Waals surface area contributed by atoms with Crippen molar-refractivity contribution in [2.75, 3.05) is 20.2 Å². The van der Waals surface area contributed by atoms with Gasteiger partial charge in [0.25, 0.3) is 0 Å². The lowest BCUT2D eigenvalue weighted by atomic mass is 10.3. The minimum Gasteiger partial charge on any atom is -0.468 e. The fourth-order valence-electron chi connectivity index (χ4n) is 0.831. The largest absolute Gasteiger partial charge is 0.468 e. The van der Waals surface area contributed by atoms with E-state index in [2.05, 4.69) is 4.74 Å². The fraction of sp³-hybridized carbons (Fsp3) is 0.625. The smallest absolute Gasteiger partial charge is 0.322 e. The molecule has 0 saturated heterocycles. The molecule has 0 spiro atoms. The van der Waals surface area contributed by atoms with Crippen LogP contribution in [-0.2, 0) is 9.53 Å². The Morgan fingerprint density at radius 1 is 1.46 bits per heavy atom. The zero-order valence-corrected chi connectivity index (χ0v) is 7.65. The first-order chi connectivity index (χ1) is 6.17. The maximum atomic E-state index is 11.0. The van der Waals surface area contributed by atoms with E-state index in [0.29, 0.717) is 0 Å². The fourth-order valence-corrected chi connectivity index (χ4v) is 0.831. The lowest BCUT2D eigenvalue weighted by Gasteiger charge is -2.20. The second kappa shape index (κ2) is 5.99. The molecule has 70 valence electrons. The molecule has 0 aromatic carbocycles. The molecule has 1 atom stereocenters. The number of methoxy groups -OCH3 is 1. The van der Waals surface area contributed by atoms with E-state index in [4.69, 9.17) is 10.5 Å². The Morgan fingerprint density at radius 2 is 1.92 bits per heavy atom. The quantitative estimate of drug-likeness (QED) is 0.447. The molecule has 0 aliphatic heterocycles. The van der Waals surface area contributed by atoms with Crippen molar-refractivity contribution in [3.8, 4) is 12.1 Å². The molecule has 0 amide bonds. The summed E-state index contributed by atoms with van der Waals surface area (Å²) in [5.74, 6) is -0.439. The number of carbonyl (C=O) groups is 1. The average Bonchev–Trinajstić information content (AvgIpc) is 2.15. The second-order valence-electron chi connectivity index (χ2n) is 2.42. The van der Waals surface area contributed by atoms with Gasteiger partial charge in [-0.05, 0) is 6.92 Å². The predicted molar refractivity (Wildman–Crippen MR) is 44.3 cm³/mol.